The number of benzene rings is 2. The SMILES string of the molecule is CCCCCCB(O)O.CCCCCCc1cccc(C=O)c1.O=Cc1cccc(Br)c1. The zero-order valence-corrected chi connectivity index (χ0v) is 21.1. The fourth-order valence-electron chi connectivity index (χ4n) is 2.91. The lowest BCUT2D eigenvalue weighted by Gasteiger charge is -2.01. The maximum absolute atomic E-state index is 10.5. The lowest BCUT2D eigenvalue weighted by atomic mass is 9.83. The van der Waals surface area contributed by atoms with Gasteiger partial charge in [-0.15, -0.1) is 0 Å². The number of aldehydes is 2. The highest BCUT2D eigenvalue weighted by atomic mass is 79.9. The standard InChI is InChI=1S/C13H18O.C7H5BrO.C6H15BO2/c1-2-3-4-5-7-12-8-6-9-13(10-12)11-14;8-7-3-1-2-6(4-7)5-9;1-2-3-4-5-6-7(8)9/h6,8-11H,2-5,7H2,1H3;1-5H;8-9H,2-6H2,1H3. The van der Waals surface area contributed by atoms with Crippen molar-refractivity contribution in [3.8, 4) is 0 Å². The van der Waals surface area contributed by atoms with E-state index in [1.165, 1.54) is 44.1 Å². The summed E-state index contributed by atoms with van der Waals surface area (Å²) >= 11 is 3.24. The molecule has 0 radical (unpaired) electrons. The maximum Gasteiger partial charge on any atom is 0.451 e. The van der Waals surface area contributed by atoms with E-state index in [-0.39, 0.29) is 0 Å². The minimum absolute atomic E-state index is 0.528. The van der Waals surface area contributed by atoms with Gasteiger partial charge in [0, 0.05) is 15.6 Å². The Balaban J connectivity index is 0.000000470. The van der Waals surface area contributed by atoms with Crippen LogP contribution in [0.2, 0.25) is 6.32 Å². The van der Waals surface area contributed by atoms with Gasteiger partial charge < -0.3 is 10.0 Å². The van der Waals surface area contributed by atoms with Gasteiger partial charge in [0.2, 0.25) is 0 Å². The molecule has 0 fully saturated rings. The Labute approximate surface area is 202 Å². The van der Waals surface area contributed by atoms with Gasteiger partial charge in [0.05, 0.1) is 0 Å². The van der Waals surface area contributed by atoms with Crippen molar-refractivity contribution in [2.75, 3.05) is 0 Å². The molecular weight excluding hydrogens is 467 g/mol. The summed E-state index contributed by atoms with van der Waals surface area (Å²) in [5.41, 5.74) is 2.77. The van der Waals surface area contributed by atoms with E-state index >= 15 is 0 Å². The summed E-state index contributed by atoms with van der Waals surface area (Å²) in [4.78, 5) is 20.7. The molecule has 0 saturated heterocycles. The maximum atomic E-state index is 10.5. The summed E-state index contributed by atoms with van der Waals surface area (Å²) < 4.78 is 0.937. The highest BCUT2D eigenvalue weighted by Gasteiger charge is 2.03. The van der Waals surface area contributed by atoms with E-state index in [9.17, 15) is 9.59 Å². The monoisotopic (exact) mass is 504 g/mol. The van der Waals surface area contributed by atoms with Crippen LogP contribution < -0.4 is 0 Å². The molecule has 0 spiro atoms. The van der Waals surface area contributed by atoms with Crippen LogP contribution in [0.25, 0.3) is 0 Å². The molecule has 0 aliphatic heterocycles. The molecule has 2 aromatic carbocycles. The molecule has 32 heavy (non-hydrogen) atoms. The van der Waals surface area contributed by atoms with Crippen molar-refractivity contribution in [2.24, 2.45) is 0 Å². The Kier molecular flexibility index (Phi) is 20.0. The van der Waals surface area contributed by atoms with E-state index < -0.39 is 7.12 Å². The van der Waals surface area contributed by atoms with Gasteiger partial charge in [0.1, 0.15) is 12.6 Å². The Hall–Kier alpha value is -1.76. The van der Waals surface area contributed by atoms with Crippen LogP contribution in [0, 0.1) is 0 Å². The van der Waals surface area contributed by atoms with Crippen molar-refractivity contribution in [3.63, 3.8) is 0 Å². The number of carbonyl (C=O) groups is 2. The topological polar surface area (TPSA) is 74.6 Å². The zero-order valence-electron chi connectivity index (χ0n) is 19.5. The Morgan fingerprint density at radius 3 is 1.84 bits per heavy atom. The zero-order chi connectivity index (χ0) is 24.0. The average Bonchev–Trinajstić information content (AvgIpc) is 2.80. The molecule has 2 aromatic rings. The summed E-state index contributed by atoms with van der Waals surface area (Å²) in [6.07, 6.45) is 12.9. The number of aryl methyl sites for hydroxylation is 1. The van der Waals surface area contributed by atoms with Gasteiger partial charge >= 0.3 is 7.12 Å². The normalized spacial score (nSPS) is 9.66. The highest BCUT2D eigenvalue weighted by Crippen LogP contribution is 2.10. The number of rotatable bonds is 12. The number of carbonyl (C=O) groups excluding carboxylic acids is 2. The van der Waals surface area contributed by atoms with Crippen molar-refractivity contribution < 1.29 is 19.6 Å². The Morgan fingerprint density at radius 2 is 1.34 bits per heavy atom. The van der Waals surface area contributed by atoms with Crippen LogP contribution in [0.15, 0.2) is 53.0 Å². The first-order chi connectivity index (χ1) is 15.5. The van der Waals surface area contributed by atoms with Gasteiger partial charge in [-0.3, -0.25) is 9.59 Å². The van der Waals surface area contributed by atoms with Crippen LogP contribution >= 0.6 is 15.9 Å². The second-order valence-corrected chi connectivity index (χ2v) is 8.59. The van der Waals surface area contributed by atoms with E-state index in [4.69, 9.17) is 10.0 Å². The van der Waals surface area contributed by atoms with Crippen LogP contribution in [0.4, 0.5) is 0 Å². The van der Waals surface area contributed by atoms with Crippen molar-refractivity contribution in [3.05, 3.63) is 69.7 Å². The van der Waals surface area contributed by atoms with Crippen LogP contribution in [0.5, 0.6) is 0 Å². The molecule has 2 rings (SSSR count). The van der Waals surface area contributed by atoms with Crippen LogP contribution in [0.3, 0.4) is 0 Å². The Morgan fingerprint density at radius 1 is 0.781 bits per heavy atom. The predicted molar refractivity (Wildman–Crippen MR) is 138 cm³/mol. The number of hydrogen-bond acceptors (Lipinski definition) is 4. The van der Waals surface area contributed by atoms with E-state index in [0.29, 0.717) is 11.9 Å². The number of unbranched alkanes of at least 4 members (excludes halogenated alkanes) is 6. The van der Waals surface area contributed by atoms with E-state index in [1.54, 1.807) is 12.1 Å². The molecule has 2 N–H and O–H groups in total. The molecule has 6 heteroatoms. The molecule has 0 unspecified atom stereocenters. The fraction of sp³-hybridized carbons (Fsp3) is 0.462. The van der Waals surface area contributed by atoms with Crippen molar-refractivity contribution in [1.82, 2.24) is 0 Å². The summed E-state index contributed by atoms with van der Waals surface area (Å²) in [7, 11) is -1.10. The molecule has 176 valence electrons. The Bertz CT molecular complexity index is 737. The largest absolute Gasteiger partial charge is 0.451 e. The molecule has 0 aromatic heterocycles. The van der Waals surface area contributed by atoms with Crippen molar-refractivity contribution >= 4 is 35.6 Å². The summed E-state index contributed by atoms with van der Waals surface area (Å²) in [5.74, 6) is 0. The third-order valence-corrected chi connectivity index (χ3v) is 5.20. The fourth-order valence-corrected chi connectivity index (χ4v) is 3.33. The smallest absolute Gasteiger partial charge is 0.427 e. The van der Waals surface area contributed by atoms with Crippen molar-refractivity contribution in [2.45, 2.75) is 78.0 Å². The van der Waals surface area contributed by atoms with Gasteiger partial charge in [-0.1, -0.05) is 105 Å². The quantitative estimate of drug-likeness (QED) is 0.187. The highest BCUT2D eigenvalue weighted by molar-refractivity contribution is 9.10. The number of halogens is 1. The van der Waals surface area contributed by atoms with Crippen LogP contribution in [0.1, 0.15) is 91.5 Å². The van der Waals surface area contributed by atoms with E-state index in [2.05, 4.69) is 35.8 Å². The molecule has 0 heterocycles. The van der Waals surface area contributed by atoms with Gasteiger partial charge in [-0.2, -0.15) is 0 Å². The average molecular weight is 505 g/mol. The van der Waals surface area contributed by atoms with Crippen molar-refractivity contribution in [1.29, 1.82) is 0 Å². The predicted octanol–water partition coefficient (Wildman–Crippen LogP) is 6.92. The summed E-state index contributed by atoms with van der Waals surface area (Å²) in [6.45, 7) is 4.35. The second-order valence-electron chi connectivity index (χ2n) is 7.68. The first kappa shape index (κ1) is 30.2. The molecule has 0 amide bonds. The number of hydrogen-bond donors (Lipinski definition) is 2. The van der Waals surface area contributed by atoms with Gasteiger partial charge in [0.25, 0.3) is 0 Å². The molecule has 0 bridgehead atoms. The van der Waals surface area contributed by atoms with Crippen LogP contribution in [-0.4, -0.2) is 29.7 Å². The molecule has 4 nitrogen and oxygen atoms in total. The molecule has 0 aliphatic carbocycles. The van der Waals surface area contributed by atoms with E-state index in [0.717, 1.165) is 41.9 Å². The minimum atomic E-state index is -1.10. The molecule has 0 aliphatic rings. The summed E-state index contributed by atoms with van der Waals surface area (Å²) in [6, 6.07) is 15.1. The summed E-state index contributed by atoms with van der Waals surface area (Å²) in [5, 5.41) is 16.8. The second kappa shape index (κ2) is 21.1. The third kappa shape index (κ3) is 17.9. The molecule has 0 atom stereocenters. The van der Waals surface area contributed by atoms with Gasteiger partial charge in [-0.05, 0) is 42.9 Å². The van der Waals surface area contributed by atoms with Gasteiger partial charge in [0.15, 0.2) is 0 Å². The molecule has 0 saturated carbocycles. The lowest BCUT2D eigenvalue weighted by molar-refractivity contribution is 0.111. The third-order valence-electron chi connectivity index (χ3n) is 4.71. The first-order valence-corrected chi connectivity index (χ1v) is 12.4. The van der Waals surface area contributed by atoms with E-state index in [1.807, 2.05) is 30.3 Å². The minimum Gasteiger partial charge on any atom is -0.427 e. The van der Waals surface area contributed by atoms with Gasteiger partial charge in [-0.25, -0.2) is 0 Å². The first-order valence-electron chi connectivity index (χ1n) is 11.6. The lowest BCUT2D eigenvalue weighted by Crippen LogP contribution is -2.09. The van der Waals surface area contributed by atoms with Crippen LogP contribution in [-0.2, 0) is 6.42 Å². The molecular formula is C26H38BBrO4.